The molecule has 2 rings (SSSR count). The van der Waals surface area contributed by atoms with Crippen LogP contribution in [0.25, 0.3) is 0 Å². The largest absolute Gasteiger partial charge is 0.461 e. The van der Waals surface area contributed by atoms with Crippen molar-refractivity contribution in [3.8, 4) is 0 Å². The zero-order chi connectivity index (χ0) is 15.1. The van der Waals surface area contributed by atoms with E-state index in [2.05, 4.69) is 0 Å². The predicted molar refractivity (Wildman–Crippen MR) is 85.3 cm³/mol. The molecule has 0 radical (unpaired) electrons. The van der Waals surface area contributed by atoms with Gasteiger partial charge in [-0.3, -0.25) is 4.79 Å². The van der Waals surface area contributed by atoms with Crippen molar-refractivity contribution >= 4 is 29.3 Å². The Morgan fingerprint density at radius 1 is 1.29 bits per heavy atom. The summed E-state index contributed by atoms with van der Waals surface area (Å²) in [6, 6.07) is 13.2. The van der Waals surface area contributed by atoms with Crippen LogP contribution in [0.5, 0.6) is 0 Å². The molecule has 0 fully saturated rings. The van der Waals surface area contributed by atoms with Gasteiger partial charge < -0.3 is 9.15 Å². The Morgan fingerprint density at radius 2 is 2.05 bits per heavy atom. The van der Waals surface area contributed by atoms with Crippen molar-refractivity contribution in [1.29, 1.82) is 0 Å². The summed E-state index contributed by atoms with van der Waals surface area (Å²) in [7, 11) is 0. The second-order valence-electron chi connectivity index (χ2n) is 4.72. The number of carbonyl (C=O) groups excluding carboxylic acids is 1. The summed E-state index contributed by atoms with van der Waals surface area (Å²) >= 11 is 7.33. The van der Waals surface area contributed by atoms with Crippen molar-refractivity contribution in [1.82, 2.24) is 0 Å². The summed E-state index contributed by atoms with van der Waals surface area (Å²) in [4.78, 5) is 11.9. The fourth-order valence-electron chi connectivity index (χ4n) is 1.70. The van der Waals surface area contributed by atoms with Gasteiger partial charge in [0.25, 0.3) is 0 Å². The van der Waals surface area contributed by atoms with Gasteiger partial charge in [-0.05, 0) is 29.3 Å². The van der Waals surface area contributed by atoms with E-state index in [1.54, 1.807) is 17.8 Å². The molecular formula is C16H17ClO3S. The van der Waals surface area contributed by atoms with Crippen LogP contribution in [0, 0.1) is 5.92 Å². The zero-order valence-electron chi connectivity index (χ0n) is 11.8. The number of halogens is 1. The van der Waals surface area contributed by atoms with E-state index in [1.165, 1.54) is 0 Å². The van der Waals surface area contributed by atoms with E-state index < -0.39 is 0 Å². The summed E-state index contributed by atoms with van der Waals surface area (Å²) in [6.45, 7) is 2.19. The number of thioether (sulfide) groups is 1. The van der Waals surface area contributed by atoms with Gasteiger partial charge in [-0.2, -0.15) is 11.8 Å². The number of ether oxygens (including phenoxy) is 1. The summed E-state index contributed by atoms with van der Waals surface area (Å²) in [6.07, 6.45) is 0. The molecule has 1 atom stereocenters. The Morgan fingerprint density at radius 3 is 2.71 bits per heavy atom. The van der Waals surface area contributed by atoms with Crippen molar-refractivity contribution in [3.63, 3.8) is 0 Å². The highest BCUT2D eigenvalue weighted by Crippen LogP contribution is 2.20. The van der Waals surface area contributed by atoms with Gasteiger partial charge in [0.2, 0.25) is 0 Å². The molecule has 1 unspecified atom stereocenters. The van der Waals surface area contributed by atoms with E-state index in [-0.39, 0.29) is 11.9 Å². The molecule has 1 aromatic heterocycles. The third-order valence-electron chi connectivity index (χ3n) is 2.87. The summed E-state index contributed by atoms with van der Waals surface area (Å²) in [5.41, 5.74) is 0.996. The van der Waals surface area contributed by atoms with Gasteiger partial charge in [-0.25, -0.2) is 0 Å². The fraction of sp³-hybridized carbons (Fsp3) is 0.312. The number of esters is 1. The molecule has 5 heteroatoms. The van der Waals surface area contributed by atoms with Crippen molar-refractivity contribution in [2.75, 3.05) is 5.75 Å². The molecule has 0 aliphatic rings. The number of furan rings is 1. The van der Waals surface area contributed by atoms with Crippen LogP contribution >= 0.6 is 23.4 Å². The quantitative estimate of drug-likeness (QED) is 0.701. The molecule has 112 valence electrons. The Kier molecular flexibility index (Phi) is 6.21. The molecule has 21 heavy (non-hydrogen) atoms. The average molecular weight is 325 g/mol. The van der Waals surface area contributed by atoms with Crippen LogP contribution in [0.3, 0.4) is 0 Å². The summed E-state index contributed by atoms with van der Waals surface area (Å²) < 4.78 is 10.6. The fourth-order valence-corrected chi connectivity index (χ4v) is 2.83. The highest BCUT2D eigenvalue weighted by Gasteiger charge is 2.15. The highest BCUT2D eigenvalue weighted by molar-refractivity contribution is 7.98. The SMILES string of the molecule is CC(CSCc1ccc(Cl)o1)C(=O)OCc1ccccc1. The number of hydrogen-bond acceptors (Lipinski definition) is 4. The maximum Gasteiger partial charge on any atom is 0.309 e. The van der Waals surface area contributed by atoms with E-state index in [4.69, 9.17) is 20.8 Å². The Bertz CT molecular complexity index is 568. The van der Waals surface area contributed by atoms with Gasteiger partial charge in [0.15, 0.2) is 5.22 Å². The number of benzene rings is 1. The van der Waals surface area contributed by atoms with E-state index >= 15 is 0 Å². The monoisotopic (exact) mass is 324 g/mol. The van der Waals surface area contributed by atoms with Crippen molar-refractivity contribution in [2.24, 2.45) is 5.92 Å². The first-order chi connectivity index (χ1) is 10.1. The highest BCUT2D eigenvalue weighted by atomic mass is 35.5. The van der Waals surface area contributed by atoms with E-state index in [0.29, 0.717) is 23.3 Å². The van der Waals surface area contributed by atoms with Crippen LogP contribution in [0.2, 0.25) is 5.22 Å². The molecule has 0 amide bonds. The van der Waals surface area contributed by atoms with Crippen LogP contribution < -0.4 is 0 Å². The van der Waals surface area contributed by atoms with Crippen LogP contribution in [-0.4, -0.2) is 11.7 Å². The van der Waals surface area contributed by atoms with E-state index in [1.807, 2.05) is 43.3 Å². The normalized spacial score (nSPS) is 12.1. The van der Waals surface area contributed by atoms with Gasteiger partial charge >= 0.3 is 5.97 Å². The minimum atomic E-state index is -0.177. The van der Waals surface area contributed by atoms with Crippen molar-refractivity contribution in [2.45, 2.75) is 19.3 Å². The van der Waals surface area contributed by atoms with E-state index in [9.17, 15) is 4.79 Å². The molecule has 0 saturated carbocycles. The molecule has 0 spiro atoms. The maximum absolute atomic E-state index is 11.9. The first kappa shape index (κ1) is 16.0. The third kappa shape index (κ3) is 5.48. The number of carbonyl (C=O) groups is 1. The first-order valence-corrected chi connectivity index (χ1v) is 8.21. The molecule has 0 aliphatic heterocycles. The lowest BCUT2D eigenvalue weighted by Gasteiger charge is -2.10. The van der Waals surface area contributed by atoms with E-state index in [0.717, 1.165) is 11.3 Å². The topological polar surface area (TPSA) is 39.4 Å². The lowest BCUT2D eigenvalue weighted by atomic mass is 10.2. The number of hydrogen-bond donors (Lipinski definition) is 0. The van der Waals surface area contributed by atoms with Gasteiger partial charge in [0, 0.05) is 5.75 Å². The second-order valence-corrected chi connectivity index (χ2v) is 6.12. The maximum atomic E-state index is 11.9. The average Bonchev–Trinajstić information content (AvgIpc) is 2.91. The molecule has 1 aromatic carbocycles. The van der Waals surface area contributed by atoms with Crippen molar-refractivity contribution < 1.29 is 13.9 Å². The van der Waals surface area contributed by atoms with Gasteiger partial charge in [-0.1, -0.05) is 37.3 Å². The van der Waals surface area contributed by atoms with Crippen molar-refractivity contribution in [3.05, 3.63) is 59.0 Å². The minimum Gasteiger partial charge on any atom is -0.461 e. The summed E-state index contributed by atoms with van der Waals surface area (Å²) in [5, 5.41) is 0.390. The van der Waals surface area contributed by atoms with Gasteiger partial charge in [0.05, 0.1) is 11.7 Å². The Labute approximate surface area is 133 Å². The van der Waals surface area contributed by atoms with Crippen LogP contribution in [0.4, 0.5) is 0 Å². The smallest absolute Gasteiger partial charge is 0.309 e. The second kappa shape index (κ2) is 8.15. The lowest BCUT2D eigenvalue weighted by Crippen LogP contribution is -2.16. The molecular weight excluding hydrogens is 308 g/mol. The Hall–Kier alpha value is -1.39. The predicted octanol–water partition coefficient (Wildman–Crippen LogP) is 4.55. The van der Waals surface area contributed by atoms with Gasteiger partial charge in [0.1, 0.15) is 12.4 Å². The molecule has 0 aliphatic carbocycles. The zero-order valence-corrected chi connectivity index (χ0v) is 13.3. The van der Waals surface area contributed by atoms with Gasteiger partial charge in [-0.15, -0.1) is 0 Å². The molecule has 0 saturated heterocycles. The lowest BCUT2D eigenvalue weighted by molar-refractivity contribution is -0.148. The van der Waals surface area contributed by atoms with Crippen LogP contribution in [0.1, 0.15) is 18.2 Å². The van der Waals surface area contributed by atoms with Crippen LogP contribution in [0.15, 0.2) is 46.9 Å². The molecule has 1 heterocycles. The minimum absolute atomic E-state index is 0.149. The standard InChI is InChI=1S/C16H17ClO3S/c1-12(10-21-11-14-7-8-15(17)20-14)16(18)19-9-13-5-3-2-4-6-13/h2-8,12H,9-11H2,1H3. The van der Waals surface area contributed by atoms with Crippen LogP contribution in [-0.2, 0) is 21.9 Å². The number of rotatable bonds is 7. The Balaban J connectivity index is 1.67. The molecule has 0 bridgehead atoms. The first-order valence-electron chi connectivity index (χ1n) is 6.67. The third-order valence-corrected chi connectivity index (χ3v) is 4.29. The summed E-state index contributed by atoms with van der Waals surface area (Å²) in [5.74, 6) is 1.87. The molecule has 3 nitrogen and oxygen atoms in total. The molecule has 2 aromatic rings. The molecule has 0 N–H and O–H groups in total.